The molecule has 0 spiro atoms. The number of nitrogens with one attached hydrogen (secondary N) is 2. The molecule has 2 N–H and O–H groups in total. The summed E-state index contributed by atoms with van der Waals surface area (Å²) in [4.78, 5) is 56.5. The van der Waals surface area contributed by atoms with E-state index in [-0.39, 0.29) is 17.4 Å². The number of urea groups is 1. The van der Waals surface area contributed by atoms with Gasteiger partial charge in [0.1, 0.15) is 5.75 Å². The van der Waals surface area contributed by atoms with Crippen molar-refractivity contribution in [2.45, 2.75) is 0 Å². The van der Waals surface area contributed by atoms with Crippen LogP contribution in [0.5, 0.6) is 11.6 Å². The molecular weight excluding hydrogens is 425 g/mol. The number of nitrogens with zero attached hydrogens (tertiary/aromatic N) is 3. The average Bonchev–Trinajstić information content (AvgIpc) is 2.68. The van der Waals surface area contributed by atoms with E-state index in [0.29, 0.717) is 17.3 Å². The largest absolute Gasteiger partial charge is 1.00 e. The van der Waals surface area contributed by atoms with Gasteiger partial charge in [0.25, 0.3) is 18.1 Å². The summed E-state index contributed by atoms with van der Waals surface area (Å²) in [5, 5.41) is 2.78. The van der Waals surface area contributed by atoms with Gasteiger partial charge in [-0.3, -0.25) is 24.2 Å². The SMILES string of the molecule is CN1C(=O)C(C(=O)Nc2ccc(Oc3[nH+]cncc3Cl)cc2)C(=O)N(C)C1=O.[Cl-]. The molecule has 10 nitrogen and oxygen atoms in total. The Kier molecular flexibility index (Phi) is 6.72. The molecule has 0 saturated carbocycles. The van der Waals surface area contributed by atoms with Gasteiger partial charge < -0.3 is 22.5 Å². The Morgan fingerprint density at radius 1 is 1.14 bits per heavy atom. The molecule has 1 aliphatic rings. The van der Waals surface area contributed by atoms with Crippen LogP contribution in [0.3, 0.4) is 0 Å². The number of H-pyrrole nitrogens is 1. The lowest BCUT2D eigenvalue weighted by molar-refractivity contribution is -0.395. The van der Waals surface area contributed by atoms with Crippen LogP contribution in [0.15, 0.2) is 36.8 Å². The highest BCUT2D eigenvalue weighted by molar-refractivity contribution is 6.31. The zero-order valence-electron chi connectivity index (χ0n) is 15.2. The van der Waals surface area contributed by atoms with Crippen LogP contribution >= 0.6 is 11.6 Å². The number of aromatic amines is 1. The fraction of sp³-hybridized carbons (Fsp3) is 0.176. The number of anilines is 1. The number of imide groups is 2. The lowest BCUT2D eigenvalue weighted by Gasteiger charge is -2.32. The van der Waals surface area contributed by atoms with Crippen LogP contribution in [0.4, 0.5) is 10.5 Å². The van der Waals surface area contributed by atoms with Gasteiger partial charge in [-0.05, 0) is 24.3 Å². The molecule has 0 radical (unpaired) electrons. The van der Waals surface area contributed by atoms with E-state index in [2.05, 4.69) is 15.3 Å². The zero-order chi connectivity index (χ0) is 20.4. The molecule has 1 aromatic carbocycles. The summed E-state index contributed by atoms with van der Waals surface area (Å²) in [5.41, 5.74) is 0.338. The Morgan fingerprint density at radius 2 is 1.72 bits per heavy atom. The van der Waals surface area contributed by atoms with E-state index in [1.807, 2.05) is 0 Å². The van der Waals surface area contributed by atoms with Crippen molar-refractivity contribution in [3.05, 3.63) is 41.8 Å². The minimum atomic E-state index is -1.63. The third kappa shape index (κ3) is 4.44. The van der Waals surface area contributed by atoms with Crippen LogP contribution in [-0.2, 0) is 14.4 Å². The molecule has 2 aromatic rings. The fourth-order valence-corrected chi connectivity index (χ4v) is 2.62. The van der Waals surface area contributed by atoms with Crippen molar-refractivity contribution in [1.29, 1.82) is 0 Å². The molecular formula is C17H15Cl2N5O5. The molecule has 152 valence electrons. The topological polar surface area (TPSA) is 123 Å². The maximum absolute atomic E-state index is 12.4. The van der Waals surface area contributed by atoms with E-state index in [0.717, 1.165) is 9.80 Å². The van der Waals surface area contributed by atoms with Gasteiger partial charge in [-0.1, -0.05) is 16.6 Å². The Bertz CT molecular complexity index is 945. The number of hydrogen-bond acceptors (Lipinski definition) is 6. The number of benzene rings is 1. The first kappa shape index (κ1) is 22.1. The summed E-state index contributed by atoms with van der Waals surface area (Å²) in [5.74, 6) is -3.50. The van der Waals surface area contributed by atoms with Crippen molar-refractivity contribution >= 4 is 41.0 Å². The molecule has 0 atom stereocenters. The van der Waals surface area contributed by atoms with E-state index >= 15 is 0 Å². The molecule has 3 rings (SSSR count). The Labute approximate surface area is 176 Å². The van der Waals surface area contributed by atoms with Crippen LogP contribution in [0.25, 0.3) is 0 Å². The number of barbiturate groups is 1. The predicted octanol–water partition coefficient (Wildman–Crippen LogP) is -2.05. The number of carbonyl (C=O) groups is 4. The maximum atomic E-state index is 12.4. The number of hydrogen-bond donors (Lipinski definition) is 1. The van der Waals surface area contributed by atoms with Crippen molar-refractivity contribution < 1.29 is 41.3 Å². The minimum absolute atomic E-state index is 0. The summed E-state index contributed by atoms with van der Waals surface area (Å²) < 4.78 is 5.56. The van der Waals surface area contributed by atoms with Crippen LogP contribution in [0.1, 0.15) is 0 Å². The van der Waals surface area contributed by atoms with E-state index in [4.69, 9.17) is 16.3 Å². The molecule has 2 heterocycles. The summed E-state index contributed by atoms with van der Waals surface area (Å²) in [6.45, 7) is 0. The minimum Gasteiger partial charge on any atom is -1.00 e. The van der Waals surface area contributed by atoms with Crippen molar-refractivity contribution in [2.24, 2.45) is 5.92 Å². The molecule has 12 heteroatoms. The molecule has 1 aromatic heterocycles. The normalized spacial score (nSPS) is 14.5. The average molecular weight is 440 g/mol. The third-order valence-electron chi connectivity index (χ3n) is 4.01. The van der Waals surface area contributed by atoms with Crippen LogP contribution in [0.2, 0.25) is 5.02 Å². The van der Waals surface area contributed by atoms with Gasteiger partial charge in [-0.25, -0.2) is 9.78 Å². The number of rotatable bonds is 4. The molecule has 29 heavy (non-hydrogen) atoms. The van der Waals surface area contributed by atoms with Gasteiger partial charge in [-0.15, -0.1) is 0 Å². The van der Waals surface area contributed by atoms with Crippen molar-refractivity contribution in [1.82, 2.24) is 14.8 Å². The number of halogens is 2. The summed E-state index contributed by atoms with van der Waals surface area (Å²) in [6, 6.07) is 5.39. The molecule has 1 fully saturated rings. The monoisotopic (exact) mass is 439 g/mol. The number of aromatic nitrogens is 2. The van der Waals surface area contributed by atoms with E-state index in [1.165, 1.54) is 38.8 Å². The molecule has 1 aliphatic heterocycles. The lowest BCUT2D eigenvalue weighted by Crippen LogP contribution is -3.00. The van der Waals surface area contributed by atoms with Gasteiger partial charge in [0.15, 0.2) is 17.1 Å². The second kappa shape index (κ2) is 8.84. The zero-order valence-corrected chi connectivity index (χ0v) is 16.7. The van der Waals surface area contributed by atoms with Gasteiger partial charge in [-0.2, -0.15) is 0 Å². The first-order valence-corrected chi connectivity index (χ1v) is 8.36. The third-order valence-corrected chi connectivity index (χ3v) is 4.28. The Balaban J connectivity index is 0.00000300. The fourth-order valence-electron chi connectivity index (χ4n) is 2.47. The highest BCUT2D eigenvalue weighted by atomic mass is 35.5. The maximum Gasteiger partial charge on any atom is 0.332 e. The van der Waals surface area contributed by atoms with E-state index in [1.54, 1.807) is 12.1 Å². The summed E-state index contributed by atoms with van der Waals surface area (Å²) in [6.07, 6.45) is 2.83. The molecule has 0 bridgehead atoms. The van der Waals surface area contributed by atoms with Gasteiger partial charge in [0, 0.05) is 19.8 Å². The lowest BCUT2D eigenvalue weighted by atomic mass is 10.0. The smallest absolute Gasteiger partial charge is 0.332 e. The number of carbonyl (C=O) groups excluding carboxylic acids is 4. The number of ether oxygens (including phenoxy) is 1. The van der Waals surface area contributed by atoms with E-state index < -0.39 is 29.7 Å². The molecule has 0 aliphatic carbocycles. The molecule has 0 unspecified atom stereocenters. The van der Waals surface area contributed by atoms with Gasteiger partial charge in [0.05, 0.1) is 0 Å². The quantitative estimate of drug-likeness (QED) is 0.547. The summed E-state index contributed by atoms with van der Waals surface area (Å²) >= 11 is 5.95. The second-order valence-corrected chi connectivity index (χ2v) is 6.26. The summed E-state index contributed by atoms with van der Waals surface area (Å²) in [7, 11) is 2.42. The number of amides is 5. The van der Waals surface area contributed by atoms with Crippen LogP contribution < -0.4 is 27.4 Å². The first-order valence-electron chi connectivity index (χ1n) is 7.98. The van der Waals surface area contributed by atoms with Crippen LogP contribution in [-0.4, -0.2) is 52.6 Å². The van der Waals surface area contributed by atoms with Crippen LogP contribution in [0, 0.1) is 5.92 Å². The van der Waals surface area contributed by atoms with E-state index in [9.17, 15) is 19.2 Å². The van der Waals surface area contributed by atoms with Crippen molar-refractivity contribution in [3.8, 4) is 11.6 Å². The Morgan fingerprint density at radius 3 is 2.28 bits per heavy atom. The second-order valence-electron chi connectivity index (χ2n) is 5.85. The Hall–Kier alpha value is -3.24. The van der Waals surface area contributed by atoms with Crippen molar-refractivity contribution in [2.75, 3.05) is 19.4 Å². The highest BCUT2D eigenvalue weighted by Gasteiger charge is 2.46. The predicted molar refractivity (Wildman–Crippen MR) is 95.4 cm³/mol. The first-order chi connectivity index (χ1) is 13.3. The molecule has 5 amide bonds. The van der Waals surface area contributed by atoms with Crippen molar-refractivity contribution in [3.63, 3.8) is 0 Å². The molecule has 1 saturated heterocycles. The standard InChI is InChI=1S/C17H14ClN5O5.ClH/c1-22-15(25)12(16(26)23(2)17(22)27)13(24)21-9-3-5-10(6-4-9)28-14-11(18)7-19-8-20-14;/h3-8,12H,1-2H3,(H,21,24);1H. The highest BCUT2D eigenvalue weighted by Crippen LogP contribution is 2.25. The van der Waals surface area contributed by atoms with Gasteiger partial charge in [0.2, 0.25) is 5.91 Å². The van der Waals surface area contributed by atoms with Gasteiger partial charge >= 0.3 is 11.9 Å².